The van der Waals surface area contributed by atoms with E-state index in [-0.39, 0.29) is 25.0 Å². The van der Waals surface area contributed by atoms with Gasteiger partial charge in [0.1, 0.15) is 0 Å². The van der Waals surface area contributed by atoms with Crippen molar-refractivity contribution in [3.63, 3.8) is 0 Å². The minimum atomic E-state index is -2.28. The molecule has 0 spiro atoms. The number of hydrogen-bond acceptors (Lipinski definition) is 3. The molecule has 1 aromatic carbocycles. The summed E-state index contributed by atoms with van der Waals surface area (Å²) >= 11 is 0. The summed E-state index contributed by atoms with van der Waals surface area (Å²) in [5.41, 5.74) is 1.36. The maximum atomic E-state index is 12.6. The van der Waals surface area contributed by atoms with Gasteiger partial charge >= 0.3 is 0 Å². The summed E-state index contributed by atoms with van der Waals surface area (Å²) in [5.74, 6) is 1.32. The van der Waals surface area contributed by atoms with Crippen LogP contribution >= 0.6 is 0 Å². The van der Waals surface area contributed by atoms with Crippen molar-refractivity contribution in [2.45, 2.75) is 44.6 Å². The van der Waals surface area contributed by atoms with Crippen LogP contribution in [0.1, 0.15) is 31.2 Å². The number of hydrogen-bond donors (Lipinski definition) is 2. The van der Waals surface area contributed by atoms with E-state index in [9.17, 15) is 13.6 Å². The van der Waals surface area contributed by atoms with Gasteiger partial charge in [0.05, 0.1) is 13.1 Å². The van der Waals surface area contributed by atoms with Gasteiger partial charge in [-0.15, -0.1) is 0 Å². The third-order valence-corrected chi connectivity index (χ3v) is 6.29. The lowest BCUT2D eigenvalue weighted by atomic mass is 9.90. The van der Waals surface area contributed by atoms with Crippen LogP contribution in [0.2, 0.25) is 0 Å². The minimum Gasteiger partial charge on any atom is -0.354 e. The van der Waals surface area contributed by atoms with Crippen LogP contribution in [-0.4, -0.2) is 80.5 Å². The normalized spacial score (nSPS) is 19.6. The summed E-state index contributed by atoms with van der Waals surface area (Å²) in [6.45, 7) is 2.95. The van der Waals surface area contributed by atoms with Gasteiger partial charge in [-0.05, 0) is 43.6 Å². The molecule has 8 heteroatoms. The topological polar surface area (TPSA) is 60.0 Å². The fourth-order valence-electron chi connectivity index (χ4n) is 4.45. The van der Waals surface area contributed by atoms with Gasteiger partial charge in [-0.25, -0.2) is 8.78 Å². The fourth-order valence-corrected chi connectivity index (χ4v) is 4.45. The lowest BCUT2D eigenvalue weighted by molar-refractivity contribution is -0.131. The van der Waals surface area contributed by atoms with Crippen LogP contribution in [0.4, 0.5) is 8.78 Å². The van der Waals surface area contributed by atoms with Crippen LogP contribution in [-0.2, 0) is 11.2 Å². The zero-order valence-corrected chi connectivity index (χ0v) is 18.4. The molecule has 0 aromatic heterocycles. The first-order valence-corrected chi connectivity index (χ1v) is 11.3. The van der Waals surface area contributed by atoms with Gasteiger partial charge in [-0.3, -0.25) is 14.7 Å². The lowest BCUT2D eigenvalue weighted by Crippen LogP contribution is -2.51. The van der Waals surface area contributed by atoms with Crippen LogP contribution in [0.25, 0.3) is 0 Å². The van der Waals surface area contributed by atoms with E-state index >= 15 is 0 Å². The van der Waals surface area contributed by atoms with Crippen LogP contribution in [0, 0.1) is 5.92 Å². The van der Waals surface area contributed by atoms with Gasteiger partial charge in [0.25, 0.3) is 6.43 Å². The Morgan fingerprint density at radius 1 is 1.10 bits per heavy atom. The molecule has 1 aromatic rings. The number of alkyl halides is 2. The maximum Gasteiger partial charge on any atom is 0.251 e. The number of likely N-dealkylation sites (tertiary alicyclic amines) is 2. The number of halogens is 2. The molecule has 3 rings (SSSR count). The highest BCUT2D eigenvalue weighted by Gasteiger charge is 2.24. The predicted molar refractivity (Wildman–Crippen MR) is 119 cm³/mol. The highest BCUT2D eigenvalue weighted by atomic mass is 19.3. The molecule has 0 saturated carbocycles. The lowest BCUT2D eigenvalue weighted by Gasteiger charge is -2.33. The number of guanidine groups is 1. The van der Waals surface area contributed by atoms with Gasteiger partial charge in [0.15, 0.2) is 5.96 Å². The Kier molecular flexibility index (Phi) is 9.06. The molecule has 2 N–H and O–H groups in total. The molecule has 2 saturated heterocycles. The molecule has 0 aliphatic carbocycles. The Bertz CT molecular complexity index is 699. The van der Waals surface area contributed by atoms with Crippen molar-refractivity contribution in [2.75, 3.05) is 46.3 Å². The Hall–Kier alpha value is -2.22. The van der Waals surface area contributed by atoms with E-state index in [1.54, 1.807) is 11.9 Å². The summed E-state index contributed by atoms with van der Waals surface area (Å²) in [5, 5.41) is 6.45. The SMILES string of the molecule is CN=C(NCC(=O)N1CCC(Cc2ccccc2)CC1)NC1CCN(CC(F)F)CC1. The van der Waals surface area contributed by atoms with Gasteiger partial charge in [0, 0.05) is 39.3 Å². The zero-order chi connectivity index (χ0) is 22.1. The monoisotopic (exact) mass is 435 g/mol. The first-order chi connectivity index (χ1) is 15.0. The first-order valence-electron chi connectivity index (χ1n) is 11.3. The predicted octanol–water partition coefficient (Wildman–Crippen LogP) is 2.36. The summed E-state index contributed by atoms with van der Waals surface area (Å²) in [6, 6.07) is 10.7. The van der Waals surface area contributed by atoms with Crippen molar-refractivity contribution in [1.82, 2.24) is 20.4 Å². The standard InChI is InChI=1S/C23H35F2N5O/c1-26-23(28-20-9-11-29(12-10-20)17-21(24)25)27-16-22(31)30-13-7-19(8-14-30)15-18-5-3-2-4-6-18/h2-6,19-21H,7-17H2,1H3,(H2,26,27,28). The fraction of sp³-hybridized carbons (Fsp3) is 0.652. The second kappa shape index (κ2) is 12.0. The smallest absolute Gasteiger partial charge is 0.251 e. The summed E-state index contributed by atoms with van der Waals surface area (Å²) in [6.07, 6.45) is 2.43. The van der Waals surface area contributed by atoms with Crippen molar-refractivity contribution in [3.8, 4) is 0 Å². The van der Waals surface area contributed by atoms with E-state index in [4.69, 9.17) is 0 Å². The Balaban J connectivity index is 1.34. The Morgan fingerprint density at radius 3 is 2.39 bits per heavy atom. The van der Waals surface area contributed by atoms with Crippen molar-refractivity contribution in [2.24, 2.45) is 10.9 Å². The molecule has 2 aliphatic rings. The molecular formula is C23H35F2N5O. The second-order valence-electron chi connectivity index (χ2n) is 8.55. The number of nitrogens with zero attached hydrogens (tertiary/aromatic N) is 3. The molecule has 2 heterocycles. The molecule has 2 fully saturated rings. The molecular weight excluding hydrogens is 400 g/mol. The first kappa shape index (κ1) is 23.4. The highest BCUT2D eigenvalue weighted by molar-refractivity contribution is 5.86. The number of rotatable bonds is 7. The molecule has 1 amide bonds. The third kappa shape index (κ3) is 7.76. The Labute approximate surface area is 184 Å². The molecule has 0 atom stereocenters. The maximum absolute atomic E-state index is 12.6. The van der Waals surface area contributed by atoms with E-state index in [1.807, 2.05) is 11.0 Å². The van der Waals surface area contributed by atoms with Gasteiger partial charge in [-0.2, -0.15) is 0 Å². The molecule has 0 radical (unpaired) electrons. The zero-order valence-electron chi connectivity index (χ0n) is 18.4. The molecule has 0 bridgehead atoms. The van der Waals surface area contributed by atoms with Crippen LogP contribution in [0.3, 0.4) is 0 Å². The number of nitrogens with one attached hydrogen (secondary N) is 2. The number of aliphatic imine (C=N–C) groups is 1. The van der Waals surface area contributed by atoms with E-state index in [2.05, 4.69) is 39.9 Å². The van der Waals surface area contributed by atoms with E-state index in [1.165, 1.54) is 5.56 Å². The molecule has 0 unspecified atom stereocenters. The van der Waals surface area contributed by atoms with E-state index in [0.29, 0.717) is 25.0 Å². The minimum absolute atomic E-state index is 0.0906. The van der Waals surface area contributed by atoms with Gasteiger partial charge in [0.2, 0.25) is 5.91 Å². The van der Waals surface area contributed by atoms with Gasteiger partial charge in [-0.1, -0.05) is 30.3 Å². The third-order valence-electron chi connectivity index (χ3n) is 6.29. The molecule has 6 nitrogen and oxygen atoms in total. The van der Waals surface area contributed by atoms with Crippen LogP contribution in [0.5, 0.6) is 0 Å². The van der Waals surface area contributed by atoms with Crippen LogP contribution < -0.4 is 10.6 Å². The number of carbonyl (C=O) groups excluding carboxylic acids is 1. The van der Waals surface area contributed by atoms with Crippen molar-refractivity contribution >= 4 is 11.9 Å². The number of carbonyl (C=O) groups is 1. The largest absolute Gasteiger partial charge is 0.354 e. The van der Waals surface area contributed by atoms with Crippen molar-refractivity contribution in [3.05, 3.63) is 35.9 Å². The average molecular weight is 436 g/mol. The molecule has 172 valence electrons. The summed E-state index contributed by atoms with van der Waals surface area (Å²) in [4.78, 5) is 20.6. The van der Waals surface area contributed by atoms with Crippen molar-refractivity contribution < 1.29 is 13.6 Å². The van der Waals surface area contributed by atoms with Crippen molar-refractivity contribution in [1.29, 1.82) is 0 Å². The van der Waals surface area contributed by atoms with Crippen LogP contribution in [0.15, 0.2) is 35.3 Å². The second-order valence-corrected chi connectivity index (χ2v) is 8.55. The summed E-state index contributed by atoms with van der Waals surface area (Å²) < 4.78 is 25.0. The highest BCUT2D eigenvalue weighted by Crippen LogP contribution is 2.21. The average Bonchev–Trinajstić information content (AvgIpc) is 2.78. The quantitative estimate of drug-likeness (QED) is 0.510. The number of piperidine rings is 2. The Morgan fingerprint density at radius 2 is 1.77 bits per heavy atom. The van der Waals surface area contributed by atoms with Gasteiger partial charge < -0.3 is 15.5 Å². The number of benzene rings is 1. The molecule has 2 aliphatic heterocycles. The van der Waals surface area contributed by atoms with E-state index in [0.717, 1.165) is 45.2 Å². The molecule has 31 heavy (non-hydrogen) atoms. The number of amides is 1. The summed E-state index contributed by atoms with van der Waals surface area (Å²) in [7, 11) is 1.68. The van der Waals surface area contributed by atoms with E-state index < -0.39 is 6.43 Å².